The fourth-order valence-electron chi connectivity index (χ4n) is 1.41. The Morgan fingerprint density at radius 3 is 2.43 bits per heavy atom. The first kappa shape index (κ1) is 11.6. The van der Waals surface area contributed by atoms with E-state index >= 15 is 0 Å². The van der Waals surface area contributed by atoms with E-state index in [9.17, 15) is 9.59 Å². The van der Waals surface area contributed by atoms with Crippen LogP contribution < -0.4 is 3.30 Å². The molecule has 0 aromatic rings. The third-order valence-electron chi connectivity index (χ3n) is 2.13. The molecule has 5 nitrogen and oxygen atoms in total. The number of hydrogen-bond acceptors (Lipinski definition) is 3. The van der Waals surface area contributed by atoms with Crippen molar-refractivity contribution in [1.82, 2.24) is 3.30 Å². The molecule has 14 heavy (non-hydrogen) atoms. The SMILES string of the molecule is O=C(O)C([NH][In]1[CH]=CCC[CH2]1)C(=O)O. The van der Waals surface area contributed by atoms with Crippen LogP contribution >= 0.6 is 0 Å². The molecule has 0 amide bonds. The van der Waals surface area contributed by atoms with E-state index in [-0.39, 0.29) is 0 Å². The van der Waals surface area contributed by atoms with E-state index in [4.69, 9.17) is 10.2 Å². The van der Waals surface area contributed by atoms with Crippen molar-refractivity contribution >= 4 is 33.7 Å². The van der Waals surface area contributed by atoms with E-state index in [1.54, 1.807) is 0 Å². The second-order valence-corrected chi connectivity index (χ2v) is 10.4. The van der Waals surface area contributed by atoms with Crippen molar-refractivity contribution in [2.45, 2.75) is 23.1 Å². The summed E-state index contributed by atoms with van der Waals surface area (Å²) in [4.78, 5) is 21.2. The monoisotopic (exact) mass is 301 g/mol. The molecule has 0 atom stereocenters. The zero-order valence-electron chi connectivity index (χ0n) is 7.64. The van der Waals surface area contributed by atoms with Gasteiger partial charge >= 0.3 is 89.7 Å². The number of aliphatic carboxylic acids is 2. The van der Waals surface area contributed by atoms with Gasteiger partial charge in [0.25, 0.3) is 0 Å². The third-order valence-corrected chi connectivity index (χ3v) is 9.35. The maximum absolute atomic E-state index is 10.6. The van der Waals surface area contributed by atoms with Crippen LogP contribution in [0, 0.1) is 0 Å². The summed E-state index contributed by atoms with van der Waals surface area (Å²) in [5, 5.41) is 17.3. The second kappa shape index (κ2) is 5.41. The van der Waals surface area contributed by atoms with Gasteiger partial charge in [-0.05, 0) is 0 Å². The summed E-state index contributed by atoms with van der Waals surface area (Å²) in [6, 6.07) is -1.42. The maximum atomic E-state index is 10.6. The molecule has 0 fully saturated rings. The van der Waals surface area contributed by atoms with E-state index < -0.39 is 39.7 Å². The average molecular weight is 301 g/mol. The molecule has 0 unspecified atom stereocenters. The van der Waals surface area contributed by atoms with Crippen LogP contribution in [0.2, 0.25) is 4.18 Å². The molecular weight excluding hydrogens is 289 g/mol. The van der Waals surface area contributed by atoms with Gasteiger partial charge in [-0.1, -0.05) is 0 Å². The zero-order chi connectivity index (χ0) is 10.6. The number of nitrogens with one attached hydrogen (secondary N) is 1. The van der Waals surface area contributed by atoms with Crippen molar-refractivity contribution in [2.75, 3.05) is 0 Å². The first-order chi connectivity index (χ1) is 6.61. The molecule has 1 aliphatic heterocycles. The Balaban J connectivity index is 2.54. The van der Waals surface area contributed by atoms with Gasteiger partial charge in [-0.3, -0.25) is 0 Å². The minimum atomic E-state index is -2.18. The Morgan fingerprint density at radius 1 is 1.36 bits per heavy atom. The van der Waals surface area contributed by atoms with Gasteiger partial charge in [-0.25, -0.2) is 0 Å². The van der Waals surface area contributed by atoms with E-state index in [2.05, 4.69) is 3.30 Å². The molecule has 1 aliphatic rings. The van der Waals surface area contributed by atoms with Crippen LogP contribution in [0.15, 0.2) is 9.91 Å². The summed E-state index contributed by atoms with van der Waals surface area (Å²) < 4.78 is 5.81. The summed E-state index contributed by atoms with van der Waals surface area (Å²) in [6.07, 6.45) is 4.11. The number of rotatable bonds is 4. The summed E-state index contributed by atoms with van der Waals surface area (Å²) in [5.41, 5.74) is 0. The topological polar surface area (TPSA) is 86.6 Å². The predicted octanol–water partition coefficient (Wildman–Crippen LogP) is -0.00550. The molecule has 0 aliphatic carbocycles. The molecule has 0 aromatic carbocycles. The van der Waals surface area contributed by atoms with Crippen LogP contribution in [0.3, 0.4) is 0 Å². The molecule has 0 radical (unpaired) electrons. The van der Waals surface area contributed by atoms with Crippen molar-refractivity contribution in [3.63, 3.8) is 0 Å². The molecule has 0 aromatic heterocycles. The van der Waals surface area contributed by atoms with Gasteiger partial charge < -0.3 is 0 Å². The van der Waals surface area contributed by atoms with Crippen LogP contribution in [-0.4, -0.2) is 49.9 Å². The van der Waals surface area contributed by atoms with Gasteiger partial charge in [0.15, 0.2) is 0 Å². The fourth-order valence-corrected chi connectivity index (χ4v) is 8.21. The normalized spacial score (nSPS) is 15.9. The molecule has 6 heteroatoms. The zero-order valence-corrected chi connectivity index (χ0v) is 10.9. The first-order valence-electron chi connectivity index (χ1n) is 4.49. The Labute approximate surface area is 89.7 Å². The van der Waals surface area contributed by atoms with E-state index in [1.807, 2.05) is 9.91 Å². The number of allylic oxidation sites excluding steroid dienone is 1. The minimum absolute atomic E-state index is 0.995. The quantitative estimate of drug-likeness (QED) is 0.636. The number of carbonyl (C=O) groups is 2. The fraction of sp³-hybridized carbons (Fsp3) is 0.500. The molecule has 0 saturated heterocycles. The summed E-state index contributed by atoms with van der Waals surface area (Å²) in [5.74, 6) is -2.60. The van der Waals surface area contributed by atoms with Crippen LogP contribution in [-0.2, 0) is 9.59 Å². The Bertz CT molecular complexity index is 252. The van der Waals surface area contributed by atoms with Crippen molar-refractivity contribution < 1.29 is 19.8 Å². The van der Waals surface area contributed by atoms with E-state index in [0.29, 0.717) is 0 Å². The van der Waals surface area contributed by atoms with Crippen molar-refractivity contribution in [3.05, 3.63) is 9.91 Å². The molecule has 0 saturated carbocycles. The predicted molar refractivity (Wildman–Crippen MR) is 51.1 cm³/mol. The second-order valence-electron chi connectivity index (χ2n) is 3.24. The first-order valence-corrected chi connectivity index (χ1v) is 10.4. The van der Waals surface area contributed by atoms with Crippen LogP contribution in [0.5, 0.6) is 0 Å². The molecule has 3 N–H and O–H groups in total. The average Bonchev–Trinajstić information content (AvgIpc) is 2.15. The number of carboxylic acids is 2. The van der Waals surface area contributed by atoms with Gasteiger partial charge in [0.1, 0.15) is 0 Å². The molecular formula is C8H12InNO4. The third kappa shape index (κ3) is 3.34. The van der Waals surface area contributed by atoms with Crippen molar-refractivity contribution in [3.8, 4) is 0 Å². The van der Waals surface area contributed by atoms with Crippen LogP contribution in [0.4, 0.5) is 0 Å². The molecule has 0 bridgehead atoms. The van der Waals surface area contributed by atoms with Gasteiger partial charge in [0.2, 0.25) is 0 Å². The van der Waals surface area contributed by atoms with E-state index in [0.717, 1.165) is 17.0 Å². The number of carboxylic acid groups (broad SMARTS) is 2. The molecule has 1 heterocycles. The van der Waals surface area contributed by atoms with Crippen LogP contribution in [0.25, 0.3) is 0 Å². The van der Waals surface area contributed by atoms with Gasteiger partial charge in [-0.2, -0.15) is 0 Å². The Hall–Kier alpha value is -0.490. The van der Waals surface area contributed by atoms with Crippen molar-refractivity contribution in [2.24, 2.45) is 0 Å². The van der Waals surface area contributed by atoms with E-state index in [1.165, 1.54) is 0 Å². The summed E-state index contributed by atoms with van der Waals surface area (Å²) >= 11 is -2.18. The molecule has 76 valence electrons. The Kier molecular flexibility index (Phi) is 4.47. The summed E-state index contributed by atoms with van der Waals surface area (Å²) in [7, 11) is 0. The summed E-state index contributed by atoms with van der Waals surface area (Å²) in [6.45, 7) is 0. The van der Waals surface area contributed by atoms with Gasteiger partial charge in [0.05, 0.1) is 0 Å². The number of hydrogen-bond donors (Lipinski definition) is 3. The molecule has 1 rings (SSSR count). The van der Waals surface area contributed by atoms with Crippen molar-refractivity contribution in [1.29, 1.82) is 0 Å². The Morgan fingerprint density at radius 2 is 2.00 bits per heavy atom. The van der Waals surface area contributed by atoms with Crippen LogP contribution in [0.1, 0.15) is 12.8 Å². The van der Waals surface area contributed by atoms with Gasteiger partial charge in [0, 0.05) is 0 Å². The molecule has 0 spiro atoms. The standard InChI is InChI=1S/C5H8.C3H4NO4.In/c1-3-5-4-2;4-1(2(5)6)3(7)8;/h1,3H,2,4-5H2;1,4H,(H,5,6)(H,7,8);/q;-1;+1. The van der Waals surface area contributed by atoms with Gasteiger partial charge in [-0.15, -0.1) is 0 Å².